The topological polar surface area (TPSA) is 50.4 Å². The van der Waals surface area contributed by atoms with Crippen LogP contribution < -0.4 is 10.6 Å². The van der Waals surface area contributed by atoms with Gasteiger partial charge in [0.05, 0.1) is 12.4 Å². The van der Waals surface area contributed by atoms with Crippen LogP contribution in [0.4, 0.5) is 0 Å². The minimum absolute atomic E-state index is 0. The van der Waals surface area contributed by atoms with Gasteiger partial charge in [0.15, 0.2) is 0 Å². The van der Waals surface area contributed by atoms with E-state index in [-0.39, 0.29) is 18.3 Å². The lowest BCUT2D eigenvalue weighted by Crippen LogP contribution is -2.33. The zero-order valence-electron chi connectivity index (χ0n) is 12.4. The van der Waals surface area contributed by atoms with E-state index >= 15 is 0 Å². The Bertz CT molecular complexity index is 450. The molecule has 22 heavy (non-hydrogen) atoms. The Morgan fingerprint density at radius 1 is 1.27 bits per heavy atom. The van der Waals surface area contributed by atoms with Gasteiger partial charge in [-0.25, -0.2) is 0 Å². The van der Waals surface area contributed by atoms with Gasteiger partial charge >= 0.3 is 0 Å². The summed E-state index contributed by atoms with van der Waals surface area (Å²) in [4.78, 5) is 11.6. The molecule has 4 nitrogen and oxygen atoms in total. The maximum Gasteiger partial charge on any atom is 0.230 e. The predicted molar refractivity (Wildman–Crippen MR) is 97.6 cm³/mol. The van der Waals surface area contributed by atoms with Crippen LogP contribution in [0.1, 0.15) is 5.56 Å². The van der Waals surface area contributed by atoms with Crippen LogP contribution in [0, 0.1) is 0 Å². The highest BCUT2D eigenvalue weighted by Gasteiger charge is 2.04. The zero-order valence-corrected chi connectivity index (χ0v) is 15.5. The summed E-state index contributed by atoms with van der Waals surface area (Å²) in [6.07, 6.45) is 0. The molecule has 0 aliphatic heterocycles. The second-order valence-corrected chi connectivity index (χ2v) is 6.15. The van der Waals surface area contributed by atoms with Crippen molar-refractivity contribution < 1.29 is 9.53 Å². The molecule has 0 aromatic heterocycles. The van der Waals surface area contributed by atoms with Crippen molar-refractivity contribution in [3.8, 4) is 0 Å². The van der Waals surface area contributed by atoms with Crippen LogP contribution >= 0.6 is 47.4 Å². The highest BCUT2D eigenvalue weighted by atomic mass is 35.5. The Balaban J connectivity index is 0.00000441. The van der Waals surface area contributed by atoms with Crippen LogP contribution in [-0.2, 0) is 15.3 Å². The van der Waals surface area contributed by atoms with Crippen LogP contribution in [0.2, 0.25) is 10.0 Å². The number of benzene rings is 1. The number of halogens is 3. The summed E-state index contributed by atoms with van der Waals surface area (Å²) < 4.78 is 4.91. The first-order valence-electron chi connectivity index (χ1n) is 6.61. The summed E-state index contributed by atoms with van der Waals surface area (Å²) in [6.45, 7) is 2.81. The maximum atomic E-state index is 11.6. The van der Waals surface area contributed by atoms with E-state index in [0.29, 0.717) is 34.7 Å². The van der Waals surface area contributed by atoms with Crippen molar-refractivity contribution >= 4 is 53.3 Å². The lowest BCUT2D eigenvalue weighted by atomic mass is 10.2. The molecular weight excluding hydrogens is 367 g/mol. The third-order valence-electron chi connectivity index (χ3n) is 2.61. The number of rotatable bonds is 10. The molecular formula is C14H21Cl3N2O2S. The molecule has 126 valence electrons. The van der Waals surface area contributed by atoms with Crippen LogP contribution in [0.25, 0.3) is 0 Å². The number of hydrogen-bond donors (Lipinski definition) is 2. The van der Waals surface area contributed by atoms with Crippen molar-refractivity contribution in [2.75, 3.05) is 39.1 Å². The molecule has 0 saturated heterocycles. The van der Waals surface area contributed by atoms with Gasteiger partial charge in [-0.05, 0) is 17.7 Å². The van der Waals surface area contributed by atoms with E-state index in [1.54, 1.807) is 19.2 Å². The monoisotopic (exact) mass is 386 g/mol. The fourth-order valence-electron chi connectivity index (χ4n) is 1.53. The van der Waals surface area contributed by atoms with Crippen molar-refractivity contribution in [1.29, 1.82) is 0 Å². The lowest BCUT2D eigenvalue weighted by Gasteiger charge is -2.07. The Kier molecular flexibility index (Phi) is 13.2. The highest BCUT2D eigenvalue weighted by Crippen LogP contribution is 2.24. The molecule has 0 bridgehead atoms. The molecule has 0 unspecified atom stereocenters. The van der Waals surface area contributed by atoms with Gasteiger partial charge in [-0.3, -0.25) is 4.79 Å². The van der Waals surface area contributed by atoms with Gasteiger partial charge in [0.25, 0.3) is 0 Å². The average molecular weight is 388 g/mol. The Morgan fingerprint density at radius 2 is 2.05 bits per heavy atom. The molecule has 0 saturated carbocycles. The molecule has 1 aromatic rings. The second-order valence-electron chi connectivity index (χ2n) is 4.32. The van der Waals surface area contributed by atoms with Gasteiger partial charge in [0, 0.05) is 42.5 Å². The van der Waals surface area contributed by atoms with E-state index < -0.39 is 0 Å². The summed E-state index contributed by atoms with van der Waals surface area (Å²) in [5, 5.41) is 7.27. The third-order valence-corrected chi connectivity index (χ3v) is 4.18. The first-order valence-corrected chi connectivity index (χ1v) is 8.52. The Morgan fingerprint density at radius 3 is 2.73 bits per heavy atom. The zero-order chi connectivity index (χ0) is 15.5. The summed E-state index contributed by atoms with van der Waals surface area (Å²) >= 11 is 13.4. The summed E-state index contributed by atoms with van der Waals surface area (Å²) in [5.41, 5.74) is 0.986. The van der Waals surface area contributed by atoms with Gasteiger partial charge in [0.1, 0.15) is 0 Å². The maximum absolute atomic E-state index is 11.6. The normalized spacial score (nSPS) is 10.1. The summed E-state index contributed by atoms with van der Waals surface area (Å²) in [7, 11) is 1.66. The number of nitrogens with one attached hydrogen (secondary N) is 2. The molecule has 0 fully saturated rings. The van der Waals surface area contributed by atoms with Crippen molar-refractivity contribution in [3.63, 3.8) is 0 Å². The first kappa shape index (κ1) is 21.8. The molecule has 0 aliphatic carbocycles. The minimum Gasteiger partial charge on any atom is -0.383 e. The van der Waals surface area contributed by atoms with Gasteiger partial charge in [0.2, 0.25) is 5.91 Å². The SMILES string of the molecule is COCCNCCNC(=O)CSCc1ccc(Cl)cc1Cl.Cl. The number of amides is 1. The van der Waals surface area contributed by atoms with Crippen LogP contribution in [0.15, 0.2) is 18.2 Å². The van der Waals surface area contributed by atoms with Crippen molar-refractivity contribution in [1.82, 2.24) is 10.6 Å². The molecule has 8 heteroatoms. The largest absolute Gasteiger partial charge is 0.383 e. The third kappa shape index (κ3) is 9.77. The van der Waals surface area contributed by atoms with E-state index in [1.807, 2.05) is 6.07 Å². The molecule has 1 amide bonds. The highest BCUT2D eigenvalue weighted by molar-refractivity contribution is 7.99. The molecule has 2 N–H and O–H groups in total. The minimum atomic E-state index is 0. The van der Waals surface area contributed by atoms with E-state index in [2.05, 4.69) is 10.6 Å². The number of carbonyl (C=O) groups is 1. The predicted octanol–water partition coefficient (Wildman–Crippen LogP) is 3.00. The van der Waals surface area contributed by atoms with E-state index in [9.17, 15) is 4.79 Å². The Hall–Kier alpha value is -0.170. The number of carbonyl (C=O) groups excluding carboxylic acids is 1. The van der Waals surface area contributed by atoms with Gasteiger partial charge in [-0.1, -0.05) is 29.3 Å². The second kappa shape index (κ2) is 13.3. The van der Waals surface area contributed by atoms with Gasteiger partial charge in [-0.2, -0.15) is 0 Å². The van der Waals surface area contributed by atoms with E-state index in [1.165, 1.54) is 11.8 Å². The summed E-state index contributed by atoms with van der Waals surface area (Å²) in [5.74, 6) is 1.13. The molecule has 1 rings (SSSR count). The van der Waals surface area contributed by atoms with Gasteiger partial charge < -0.3 is 15.4 Å². The molecule has 0 atom stereocenters. The van der Waals surface area contributed by atoms with Crippen molar-refractivity contribution in [2.24, 2.45) is 0 Å². The lowest BCUT2D eigenvalue weighted by molar-refractivity contribution is -0.118. The molecule has 0 radical (unpaired) electrons. The van der Waals surface area contributed by atoms with Crippen molar-refractivity contribution in [2.45, 2.75) is 5.75 Å². The molecule has 0 spiro atoms. The standard InChI is InChI=1S/C14H20Cl2N2O2S.ClH/c1-20-7-6-17-4-5-18-14(19)10-21-9-11-2-3-12(15)8-13(11)16;/h2-3,8,17H,4-7,9-10H2,1H3,(H,18,19);1H. The molecule has 0 heterocycles. The quantitative estimate of drug-likeness (QED) is 0.606. The van der Waals surface area contributed by atoms with Crippen LogP contribution in [0.3, 0.4) is 0 Å². The van der Waals surface area contributed by atoms with Crippen LogP contribution in [-0.4, -0.2) is 45.0 Å². The molecule has 1 aromatic carbocycles. The fourth-order valence-corrected chi connectivity index (χ4v) is 2.95. The number of ether oxygens (including phenoxy) is 1. The number of methoxy groups -OCH3 is 1. The average Bonchev–Trinajstić information content (AvgIpc) is 2.45. The van der Waals surface area contributed by atoms with Crippen LogP contribution in [0.5, 0.6) is 0 Å². The fraction of sp³-hybridized carbons (Fsp3) is 0.500. The summed E-state index contributed by atoms with van der Waals surface area (Å²) in [6, 6.07) is 5.40. The van der Waals surface area contributed by atoms with E-state index in [0.717, 1.165) is 18.7 Å². The smallest absolute Gasteiger partial charge is 0.230 e. The Labute approximate surface area is 152 Å². The first-order chi connectivity index (χ1) is 10.1. The molecule has 0 aliphatic rings. The number of thioether (sulfide) groups is 1. The van der Waals surface area contributed by atoms with E-state index in [4.69, 9.17) is 27.9 Å². The van der Waals surface area contributed by atoms with Crippen molar-refractivity contribution in [3.05, 3.63) is 33.8 Å². The number of hydrogen-bond acceptors (Lipinski definition) is 4. The van der Waals surface area contributed by atoms with Gasteiger partial charge in [-0.15, -0.1) is 24.2 Å².